The number of rotatable bonds is 64. The van der Waals surface area contributed by atoms with Crippen molar-refractivity contribution in [2.24, 2.45) is 11.8 Å². The first-order valence-corrected chi connectivity index (χ1v) is 37.0. The second-order valence-electron chi connectivity index (χ2n) is 24.5. The van der Waals surface area contributed by atoms with Crippen molar-refractivity contribution in [3.8, 4) is 0 Å². The quantitative estimate of drug-likeness (QED) is 0.0222. The van der Waals surface area contributed by atoms with E-state index in [2.05, 4.69) is 41.5 Å². The highest BCUT2D eigenvalue weighted by molar-refractivity contribution is 7.47. The molecular formula is C65H126O17P2. The molecule has 0 saturated carbocycles. The van der Waals surface area contributed by atoms with Crippen molar-refractivity contribution in [3.05, 3.63) is 0 Å². The molecule has 17 nitrogen and oxygen atoms in total. The van der Waals surface area contributed by atoms with Crippen LogP contribution in [0.4, 0.5) is 0 Å². The summed E-state index contributed by atoms with van der Waals surface area (Å²) in [6, 6.07) is 0. The van der Waals surface area contributed by atoms with Crippen LogP contribution in [0.2, 0.25) is 0 Å². The zero-order valence-electron chi connectivity index (χ0n) is 54.2. The van der Waals surface area contributed by atoms with Gasteiger partial charge in [-0.15, -0.1) is 0 Å². The van der Waals surface area contributed by atoms with Gasteiger partial charge in [0.2, 0.25) is 0 Å². The minimum Gasteiger partial charge on any atom is -0.462 e. The Morgan fingerprint density at radius 1 is 0.321 bits per heavy atom. The molecule has 0 aromatic heterocycles. The first-order chi connectivity index (χ1) is 40.4. The van der Waals surface area contributed by atoms with Gasteiger partial charge in [0.05, 0.1) is 26.4 Å². The molecule has 0 aliphatic rings. The molecule has 0 fully saturated rings. The van der Waals surface area contributed by atoms with E-state index in [4.69, 9.17) is 37.0 Å². The summed E-state index contributed by atoms with van der Waals surface area (Å²) in [6.45, 7) is 9.37. The second-order valence-corrected chi connectivity index (χ2v) is 27.4. The Hall–Kier alpha value is -1.94. The average Bonchev–Trinajstić information content (AvgIpc) is 3.59. The molecule has 84 heavy (non-hydrogen) atoms. The van der Waals surface area contributed by atoms with Crippen LogP contribution in [0.15, 0.2) is 0 Å². The van der Waals surface area contributed by atoms with Gasteiger partial charge in [0.1, 0.15) is 19.3 Å². The standard InChI is InChI=1S/C65H126O17P2/c1-7-9-11-13-15-17-18-19-20-21-22-24-30-37-43-49-64(69)81-60(54-76-63(68)48-42-36-31-25-27-33-39-45-57(3)4)55-79-83(71,72)77-51-59(66)52-78-84(73,74)80-56-61(53-75-62(67)47-41-35-29-23-16-14-12-10-8-2)82-65(70)50-44-38-32-26-28-34-40-46-58(5)6/h57-61,66H,7-56H2,1-6H3,(H,71,72)(H,73,74)/t59-,60-,61-/m1/s1. The summed E-state index contributed by atoms with van der Waals surface area (Å²) >= 11 is 0. The lowest BCUT2D eigenvalue weighted by Crippen LogP contribution is -2.30. The first kappa shape index (κ1) is 82.1. The van der Waals surface area contributed by atoms with Gasteiger partial charge in [0.15, 0.2) is 12.2 Å². The molecular weight excluding hydrogens is 1110 g/mol. The predicted octanol–water partition coefficient (Wildman–Crippen LogP) is 18.0. The number of phosphoric acid groups is 2. The summed E-state index contributed by atoms with van der Waals surface area (Å²) in [7, 11) is -9.89. The van der Waals surface area contributed by atoms with E-state index in [1.165, 1.54) is 135 Å². The monoisotopic (exact) mass is 1240 g/mol. The normalized spacial score (nSPS) is 14.3. The van der Waals surface area contributed by atoms with Gasteiger partial charge < -0.3 is 33.8 Å². The van der Waals surface area contributed by atoms with Crippen LogP contribution in [0.25, 0.3) is 0 Å². The molecule has 0 aliphatic heterocycles. The lowest BCUT2D eigenvalue weighted by atomic mass is 10.0. The SMILES string of the molecule is CCCCCCCCCCCCCCCCCC(=O)O[C@H](COC(=O)CCCCCCCCCC(C)C)COP(=O)(O)OC[C@@H](O)COP(=O)(O)OC[C@@H](COC(=O)CCCCCCCCCCC)OC(=O)CCCCCCCCCC(C)C. The van der Waals surface area contributed by atoms with E-state index in [-0.39, 0.29) is 25.7 Å². The highest BCUT2D eigenvalue weighted by atomic mass is 31.2. The fourth-order valence-electron chi connectivity index (χ4n) is 9.71. The van der Waals surface area contributed by atoms with Gasteiger partial charge in [0, 0.05) is 25.7 Å². The van der Waals surface area contributed by atoms with Crippen molar-refractivity contribution in [2.45, 2.75) is 342 Å². The van der Waals surface area contributed by atoms with Crippen molar-refractivity contribution in [3.63, 3.8) is 0 Å². The fourth-order valence-corrected chi connectivity index (χ4v) is 11.3. The zero-order valence-corrected chi connectivity index (χ0v) is 56.0. The van der Waals surface area contributed by atoms with E-state index in [9.17, 15) is 43.2 Å². The smallest absolute Gasteiger partial charge is 0.462 e. The van der Waals surface area contributed by atoms with Crippen molar-refractivity contribution >= 4 is 39.5 Å². The summed E-state index contributed by atoms with van der Waals surface area (Å²) in [4.78, 5) is 72.2. The fraction of sp³-hybridized carbons (Fsp3) is 0.938. The predicted molar refractivity (Wildman–Crippen MR) is 335 cm³/mol. The highest BCUT2D eigenvalue weighted by Crippen LogP contribution is 2.45. The third-order valence-electron chi connectivity index (χ3n) is 15.0. The lowest BCUT2D eigenvalue weighted by Gasteiger charge is -2.21. The van der Waals surface area contributed by atoms with Gasteiger partial charge in [0.25, 0.3) is 0 Å². The Morgan fingerprint density at radius 2 is 0.548 bits per heavy atom. The van der Waals surface area contributed by atoms with Crippen LogP contribution in [-0.4, -0.2) is 96.7 Å². The maximum atomic E-state index is 13.0. The minimum absolute atomic E-state index is 0.103. The van der Waals surface area contributed by atoms with Crippen molar-refractivity contribution in [1.29, 1.82) is 0 Å². The molecule has 0 radical (unpaired) electrons. The molecule has 0 aromatic rings. The lowest BCUT2D eigenvalue weighted by molar-refractivity contribution is -0.161. The second kappa shape index (κ2) is 57.5. The van der Waals surface area contributed by atoms with Gasteiger partial charge in [-0.25, -0.2) is 9.13 Å². The van der Waals surface area contributed by atoms with E-state index in [1.807, 2.05) is 0 Å². The third kappa shape index (κ3) is 59.0. The molecule has 0 saturated heterocycles. The zero-order chi connectivity index (χ0) is 62.2. The molecule has 2 unspecified atom stereocenters. The number of aliphatic hydroxyl groups is 1. The van der Waals surface area contributed by atoms with Crippen LogP contribution in [0.1, 0.15) is 324 Å². The molecule has 0 amide bonds. The molecule has 0 aromatic carbocycles. The Kier molecular flexibility index (Phi) is 56.2. The first-order valence-electron chi connectivity index (χ1n) is 34.0. The van der Waals surface area contributed by atoms with E-state index in [1.54, 1.807) is 0 Å². The van der Waals surface area contributed by atoms with E-state index >= 15 is 0 Å². The highest BCUT2D eigenvalue weighted by Gasteiger charge is 2.30. The van der Waals surface area contributed by atoms with E-state index < -0.39 is 97.5 Å². The molecule has 0 aliphatic carbocycles. The number of esters is 4. The van der Waals surface area contributed by atoms with Gasteiger partial charge in [-0.2, -0.15) is 0 Å². The number of ether oxygens (including phenoxy) is 4. The van der Waals surface area contributed by atoms with Crippen molar-refractivity contribution < 1.29 is 80.2 Å². The summed E-state index contributed by atoms with van der Waals surface area (Å²) in [5, 5.41) is 10.5. The largest absolute Gasteiger partial charge is 0.472 e. The third-order valence-corrected chi connectivity index (χ3v) is 16.9. The summed E-state index contributed by atoms with van der Waals surface area (Å²) < 4.78 is 68.0. The van der Waals surface area contributed by atoms with Crippen LogP contribution in [0.5, 0.6) is 0 Å². The number of carbonyl (C=O) groups is 4. The van der Waals surface area contributed by atoms with Gasteiger partial charge in [-0.1, -0.05) is 273 Å². The van der Waals surface area contributed by atoms with Crippen LogP contribution in [0, 0.1) is 11.8 Å². The Balaban J connectivity index is 5.22. The van der Waals surface area contributed by atoms with Crippen LogP contribution < -0.4 is 0 Å². The van der Waals surface area contributed by atoms with Gasteiger partial charge >= 0.3 is 39.5 Å². The summed E-state index contributed by atoms with van der Waals surface area (Å²) in [6.07, 6.45) is 40.5. The average molecular weight is 1240 g/mol. The molecule has 19 heteroatoms. The van der Waals surface area contributed by atoms with E-state index in [0.29, 0.717) is 37.5 Å². The topological polar surface area (TPSA) is 237 Å². The Labute approximate surface area is 511 Å². The number of aliphatic hydroxyl groups excluding tert-OH is 1. The molecule has 0 spiro atoms. The Bertz CT molecular complexity index is 1650. The molecule has 0 heterocycles. The van der Waals surface area contributed by atoms with Crippen LogP contribution in [-0.2, 0) is 65.4 Å². The molecule has 498 valence electrons. The molecule has 3 N–H and O–H groups in total. The van der Waals surface area contributed by atoms with Crippen LogP contribution >= 0.6 is 15.6 Å². The molecule has 0 rings (SSSR count). The summed E-state index contributed by atoms with van der Waals surface area (Å²) in [5.74, 6) is -0.734. The Morgan fingerprint density at radius 3 is 0.810 bits per heavy atom. The van der Waals surface area contributed by atoms with Crippen LogP contribution in [0.3, 0.4) is 0 Å². The van der Waals surface area contributed by atoms with Crippen molar-refractivity contribution in [1.82, 2.24) is 0 Å². The number of carbonyl (C=O) groups excluding carboxylic acids is 4. The molecule has 5 atom stereocenters. The number of hydrogen-bond donors (Lipinski definition) is 3. The number of unbranched alkanes of at least 4 members (excludes halogenated alkanes) is 34. The van der Waals surface area contributed by atoms with Crippen molar-refractivity contribution in [2.75, 3.05) is 39.6 Å². The number of phosphoric ester groups is 2. The van der Waals surface area contributed by atoms with E-state index in [0.717, 1.165) is 96.3 Å². The summed E-state index contributed by atoms with van der Waals surface area (Å²) in [5.41, 5.74) is 0. The number of hydrogen-bond acceptors (Lipinski definition) is 15. The van der Waals surface area contributed by atoms with Gasteiger partial charge in [-0.05, 0) is 37.5 Å². The molecule has 0 bridgehead atoms. The maximum Gasteiger partial charge on any atom is 0.472 e. The maximum absolute atomic E-state index is 13.0. The minimum atomic E-state index is -4.95. The van der Waals surface area contributed by atoms with Gasteiger partial charge in [-0.3, -0.25) is 37.3 Å².